The summed E-state index contributed by atoms with van der Waals surface area (Å²) < 4.78 is 2.05. The van der Waals surface area contributed by atoms with Crippen LogP contribution in [0.5, 0.6) is 0 Å². The van der Waals surface area contributed by atoms with Crippen LogP contribution in [0.3, 0.4) is 0 Å². The molecular weight excluding hydrogens is 238 g/mol. The van der Waals surface area contributed by atoms with E-state index in [0.29, 0.717) is 0 Å². The third-order valence-electron chi connectivity index (χ3n) is 2.68. The first-order valence-corrected chi connectivity index (χ1v) is 7.29. The van der Waals surface area contributed by atoms with E-state index in [1.54, 1.807) is 0 Å². The van der Waals surface area contributed by atoms with Gasteiger partial charge in [-0.3, -0.25) is 9.48 Å². The second kappa shape index (κ2) is 10.6. The van der Waals surface area contributed by atoms with Crippen molar-refractivity contribution in [3.63, 3.8) is 0 Å². The number of aliphatic imine (C=N–C) groups is 1. The molecule has 0 spiro atoms. The van der Waals surface area contributed by atoms with Crippen molar-refractivity contribution >= 4 is 11.9 Å². The molecule has 0 amide bonds. The van der Waals surface area contributed by atoms with E-state index >= 15 is 0 Å². The molecule has 5 nitrogen and oxygen atoms in total. The number of nitrogens with zero attached hydrogens (tertiary/aromatic N) is 3. The molecule has 0 aliphatic heterocycles. The summed E-state index contributed by atoms with van der Waals surface area (Å²) in [6.45, 7) is 6.21. The van der Waals surface area contributed by atoms with Crippen LogP contribution in [-0.4, -0.2) is 62.7 Å². The summed E-state index contributed by atoms with van der Waals surface area (Å²) in [5, 5.41) is 6.76. The summed E-state index contributed by atoms with van der Waals surface area (Å²) in [4.78, 5) is 6.66. The topological polar surface area (TPSA) is 42.7 Å². The number of rotatable bonds is 6. The molecule has 0 unspecified atom stereocenters. The molecule has 2 N–H and O–H groups in total. The molecule has 0 radical (unpaired) electrons. The number of hydrogen-bond donors (Lipinski definition) is 2. The van der Waals surface area contributed by atoms with Crippen LogP contribution < -0.4 is 10.6 Å². The van der Waals surface area contributed by atoms with Crippen LogP contribution in [-0.2, 0) is 0 Å². The van der Waals surface area contributed by atoms with Crippen molar-refractivity contribution in [1.29, 1.82) is 0 Å². The SMILES string of the molecule is CCCCN=C(NCCCC)NC(N(C)C)=[N+](C)C. The van der Waals surface area contributed by atoms with Gasteiger partial charge in [-0.25, -0.2) is 10.3 Å². The maximum Gasteiger partial charge on any atom is 0.354 e. The molecule has 0 heterocycles. The third kappa shape index (κ3) is 8.46. The highest BCUT2D eigenvalue weighted by molar-refractivity contribution is 5.96. The Kier molecular flexibility index (Phi) is 9.94. The minimum atomic E-state index is 0.867. The van der Waals surface area contributed by atoms with Gasteiger partial charge in [0, 0.05) is 13.1 Å². The second-order valence-corrected chi connectivity index (χ2v) is 5.10. The standard InChI is InChI=1S/C14H31N5/c1-7-9-11-15-13(16-12-10-8-2)17-14(18(3)4)19(5)6/h7-12H2,1-6H3,(H,15,16)/p+1. The number of nitrogens with one attached hydrogen (secondary N) is 2. The van der Waals surface area contributed by atoms with Crippen LogP contribution in [0.25, 0.3) is 0 Å². The van der Waals surface area contributed by atoms with Gasteiger partial charge in [0.1, 0.15) is 0 Å². The van der Waals surface area contributed by atoms with Crippen molar-refractivity contribution in [2.24, 2.45) is 4.99 Å². The summed E-state index contributed by atoms with van der Waals surface area (Å²) in [6, 6.07) is 0. The average Bonchev–Trinajstić information content (AvgIpc) is 2.34. The Morgan fingerprint density at radius 2 is 1.74 bits per heavy atom. The fourth-order valence-corrected chi connectivity index (χ4v) is 1.60. The molecule has 0 atom stereocenters. The van der Waals surface area contributed by atoms with Crippen LogP contribution in [0.15, 0.2) is 4.99 Å². The van der Waals surface area contributed by atoms with Gasteiger partial charge in [-0.1, -0.05) is 26.7 Å². The zero-order valence-electron chi connectivity index (χ0n) is 13.6. The molecule has 0 bridgehead atoms. The largest absolute Gasteiger partial charge is 0.354 e. The number of unbranched alkanes of at least 4 members (excludes halogenated alkanes) is 2. The molecule has 19 heavy (non-hydrogen) atoms. The summed E-state index contributed by atoms with van der Waals surface area (Å²) in [6.07, 6.45) is 4.64. The molecule has 0 saturated carbocycles. The molecule has 0 aromatic heterocycles. The van der Waals surface area contributed by atoms with E-state index in [-0.39, 0.29) is 0 Å². The van der Waals surface area contributed by atoms with Crippen molar-refractivity contribution < 1.29 is 4.58 Å². The lowest BCUT2D eigenvalue weighted by atomic mass is 10.3. The Bertz CT molecular complexity index is 290. The van der Waals surface area contributed by atoms with Crippen LogP contribution in [0.4, 0.5) is 0 Å². The van der Waals surface area contributed by atoms with Crippen molar-refractivity contribution in [1.82, 2.24) is 15.5 Å². The van der Waals surface area contributed by atoms with Crippen LogP contribution in [0.1, 0.15) is 39.5 Å². The van der Waals surface area contributed by atoms with Gasteiger partial charge in [0.2, 0.25) is 0 Å². The molecule has 0 aromatic carbocycles. The molecule has 0 aliphatic rings. The van der Waals surface area contributed by atoms with Crippen molar-refractivity contribution in [2.75, 3.05) is 41.3 Å². The third-order valence-corrected chi connectivity index (χ3v) is 2.68. The summed E-state index contributed by atoms with van der Waals surface area (Å²) in [5.74, 6) is 1.90. The first kappa shape index (κ1) is 17.7. The van der Waals surface area contributed by atoms with Gasteiger partial charge < -0.3 is 5.32 Å². The Labute approximate surface area is 118 Å². The van der Waals surface area contributed by atoms with E-state index in [4.69, 9.17) is 0 Å². The molecular formula is C14H32N5+. The maximum atomic E-state index is 4.61. The van der Waals surface area contributed by atoms with E-state index in [9.17, 15) is 0 Å². The zero-order valence-corrected chi connectivity index (χ0v) is 13.6. The van der Waals surface area contributed by atoms with Crippen molar-refractivity contribution in [3.8, 4) is 0 Å². The van der Waals surface area contributed by atoms with E-state index in [0.717, 1.165) is 37.9 Å². The molecule has 5 heteroatoms. The Hall–Kier alpha value is -1.26. The molecule has 0 aliphatic carbocycles. The molecule has 0 saturated heterocycles. The normalized spacial score (nSPS) is 11.2. The molecule has 0 rings (SSSR count). The monoisotopic (exact) mass is 270 g/mol. The fourth-order valence-electron chi connectivity index (χ4n) is 1.60. The van der Waals surface area contributed by atoms with E-state index in [1.165, 1.54) is 12.8 Å². The highest BCUT2D eigenvalue weighted by atomic mass is 15.3. The molecule has 0 fully saturated rings. The maximum absolute atomic E-state index is 4.61. The predicted molar refractivity (Wildman–Crippen MR) is 84.1 cm³/mol. The van der Waals surface area contributed by atoms with Crippen LogP contribution in [0, 0.1) is 0 Å². The zero-order chi connectivity index (χ0) is 14.7. The lowest BCUT2D eigenvalue weighted by Gasteiger charge is -2.15. The quantitative estimate of drug-likeness (QED) is 0.331. The summed E-state index contributed by atoms with van der Waals surface area (Å²) in [5.41, 5.74) is 0. The smallest absolute Gasteiger partial charge is 0.343 e. The molecule has 0 aromatic rings. The van der Waals surface area contributed by atoms with Gasteiger partial charge >= 0.3 is 5.96 Å². The van der Waals surface area contributed by atoms with Crippen molar-refractivity contribution in [2.45, 2.75) is 39.5 Å². The van der Waals surface area contributed by atoms with Gasteiger partial charge in [0.05, 0.1) is 28.2 Å². The van der Waals surface area contributed by atoms with Gasteiger partial charge in [-0.2, -0.15) is 0 Å². The first-order chi connectivity index (χ1) is 9.02. The van der Waals surface area contributed by atoms with Gasteiger partial charge in [0.25, 0.3) is 5.96 Å². The highest BCUT2D eigenvalue weighted by Crippen LogP contribution is 1.89. The van der Waals surface area contributed by atoms with Gasteiger partial charge in [-0.15, -0.1) is 0 Å². The van der Waals surface area contributed by atoms with E-state index in [1.807, 2.05) is 28.2 Å². The summed E-state index contributed by atoms with van der Waals surface area (Å²) in [7, 11) is 8.10. The highest BCUT2D eigenvalue weighted by Gasteiger charge is 2.14. The van der Waals surface area contributed by atoms with Crippen LogP contribution in [0.2, 0.25) is 0 Å². The Balaban J connectivity index is 4.63. The Morgan fingerprint density at radius 1 is 1.11 bits per heavy atom. The van der Waals surface area contributed by atoms with Gasteiger partial charge in [0.15, 0.2) is 0 Å². The fraction of sp³-hybridized carbons (Fsp3) is 0.857. The Morgan fingerprint density at radius 3 is 2.21 bits per heavy atom. The minimum Gasteiger partial charge on any atom is -0.343 e. The minimum absolute atomic E-state index is 0.867. The van der Waals surface area contributed by atoms with Crippen molar-refractivity contribution in [3.05, 3.63) is 0 Å². The lowest BCUT2D eigenvalue weighted by Crippen LogP contribution is -2.50. The number of guanidine groups is 2. The van der Waals surface area contributed by atoms with Gasteiger partial charge in [-0.05, 0) is 12.8 Å². The summed E-state index contributed by atoms with van der Waals surface area (Å²) >= 11 is 0. The first-order valence-electron chi connectivity index (χ1n) is 7.29. The van der Waals surface area contributed by atoms with E-state index in [2.05, 4.69) is 38.9 Å². The van der Waals surface area contributed by atoms with E-state index < -0.39 is 0 Å². The lowest BCUT2D eigenvalue weighted by molar-refractivity contribution is -0.471. The second-order valence-electron chi connectivity index (χ2n) is 5.10. The number of hydrogen-bond acceptors (Lipinski definition) is 1. The molecule has 112 valence electrons. The average molecular weight is 270 g/mol. The predicted octanol–water partition coefficient (Wildman–Crippen LogP) is 1.31. The van der Waals surface area contributed by atoms with Crippen LogP contribution >= 0.6 is 0 Å².